The highest BCUT2D eigenvalue weighted by molar-refractivity contribution is 14.0. The number of hydrogen-bond donors (Lipinski definition) is 3. The topological polar surface area (TPSA) is 77.5 Å². The maximum absolute atomic E-state index is 12.6. The lowest BCUT2D eigenvalue weighted by atomic mass is 10.1. The zero-order chi connectivity index (χ0) is 19.7. The maximum atomic E-state index is 12.6. The predicted octanol–water partition coefficient (Wildman–Crippen LogP) is 2.34. The molecule has 11 heteroatoms. The van der Waals surface area contributed by atoms with Gasteiger partial charge in [0.15, 0.2) is 5.96 Å². The summed E-state index contributed by atoms with van der Waals surface area (Å²) < 4.78 is 37.9. The lowest BCUT2D eigenvalue weighted by Crippen LogP contribution is -2.49. The van der Waals surface area contributed by atoms with Crippen LogP contribution in [0.4, 0.5) is 19.1 Å². The van der Waals surface area contributed by atoms with Gasteiger partial charge in [-0.25, -0.2) is 9.97 Å². The molecule has 28 heavy (non-hydrogen) atoms. The highest BCUT2D eigenvalue weighted by atomic mass is 127. The van der Waals surface area contributed by atoms with E-state index in [4.69, 9.17) is 0 Å². The Labute approximate surface area is 180 Å². The Hall–Kier alpha value is -1.63. The van der Waals surface area contributed by atoms with Gasteiger partial charge in [0.1, 0.15) is 5.69 Å². The second kappa shape index (κ2) is 12.0. The molecule has 1 aliphatic rings. The molecule has 3 N–H and O–H groups in total. The highest BCUT2D eigenvalue weighted by Gasteiger charge is 2.32. The molecule has 1 fully saturated rings. The van der Waals surface area contributed by atoms with Gasteiger partial charge in [0, 0.05) is 52.0 Å². The molecule has 158 valence electrons. The van der Waals surface area contributed by atoms with Crippen molar-refractivity contribution in [2.75, 3.05) is 45.1 Å². The summed E-state index contributed by atoms with van der Waals surface area (Å²) in [5, 5.41) is 9.29. The third-order valence-electron chi connectivity index (χ3n) is 4.19. The van der Waals surface area contributed by atoms with E-state index in [0.29, 0.717) is 25.1 Å². The summed E-state index contributed by atoms with van der Waals surface area (Å²) >= 11 is 0. The molecule has 1 aliphatic heterocycles. The number of guanidine groups is 1. The molecule has 0 aromatic carbocycles. The highest BCUT2D eigenvalue weighted by Crippen LogP contribution is 2.27. The summed E-state index contributed by atoms with van der Waals surface area (Å²) in [6.45, 7) is 7.51. The quantitative estimate of drug-likeness (QED) is 0.171. The van der Waals surface area contributed by atoms with Gasteiger partial charge in [-0.05, 0) is 18.9 Å². The molecule has 0 radical (unpaired) electrons. The molecule has 1 aromatic heterocycles. The van der Waals surface area contributed by atoms with Crippen molar-refractivity contribution in [2.24, 2.45) is 4.99 Å². The summed E-state index contributed by atoms with van der Waals surface area (Å²) in [7, 11) is 1.69. The number of halogens is 4. The van der Waals surface area contributed by atoms with Gasteiger partial charge in [-0.15, -0.1) is 30.6 Å². The van der Waals surface area contributed by atoms with Crippen molar-refractivity contribution in [3.8, 4) is 0 Å². The summed E-state index contributed by atoms with van der Waals surface area (Å²) in [5.74, 6) is 0.619. The Kier molecular flexibility index (Phi) is 10.5. The first-order chi connectivity index (χ1) is 12.9. The Morgan fingerprint density at radius 2 is 2.07 bits per heavy atom. The average molecular weight is 513 g/mol. The Morgan fingerprint density at radius 1 is 1.36 bits per heavy atom. The van der Waals surface area contributed by atoms with E-state index in [9.17, 15) is 13.2 Å². The van der Waals surface area contributed by atoms with Crippen LogP contribution in [0.3, 0.4) is 0 Å². The number of likely N-dealkylation sites (tertiary alicyclic amines) is 1. The minimum atomic E-state index is -4.48. The summed E-state index contributed by atoms with van der Waals surface area (Å²) in [5.41, 5.74) is -0.965. The molecule has 1 saturated heterocycles. The van der Waals surface area contributed by atoms with Crippen molar-refractivity contribution >= 4 is 35.9 Å². The average Bonchev–Trinajstić information content (AvgIpc) is 2.65. The van der Waals surface area contributed by atoms with Gasteiger partial charge in [-0.3, -0.25) is 9.89 Å². The molecule has 2 heterocycles. The number of aliphatic imine (C=N–C) groups is 1. The molecule has 0 spiro atoms. The van der Waals surface area contributed by atoms with Crippen LogP contribution in [-0.4, -0.2) is 66.6 Å². The zero-order valence-electron chi connectivity index (χ0n) is 15.8. The lowest BCUT2D eigenvalue weighted by Gasteiger charge is -2.32. The number of nitrogens with one attached hydrogen (secondary N) is 3. The predicted molar refractivity (Wildman–Crippen MR) is 115 cm³/mol. The number of hydrogen-bond acceptors (Lipinski definition) is 5. The summed E-state index contributed by atoms with van der Waals surface area (Å²) in [6, 6.07) is 1.19. The van der Waals surface area contributed by atoms with Crippen molar-refractivity contribution < 1.29 is 13.2 Å². The van der Waals surface area contributed by atoms with Gasteiger partial charge in [0.05, 0.1) is 0 Å². The number of rotatable bonds is 7. The van der Waals surface area contributed by atoms with Crippen molar-refractivity contribution in [1.29, 1.82) is 0 Å². The van der Waals surface area contributed by atoms with Crippen LogP contribution < -0.4 is 16.0 Å². The third kappa shape index (κ3) is 8.17. The number of nitrogens with zero attached hydrogens (tertiary/aromatic N) is 4. The molecule has 0 aliphatic carbocycles. The van der Waals surface area contributed by atoms with Crippen molar-refractivity contribution in [1.82, 2.24) is 25.5 Å². The molecular formula is C17H27F3IN7. The maximum Gasteiger partial charge on any atom is 0.433 e. The first-order valence-electron chi connectivity index (χ1n) is 8.87. The van der Waals surface area contributed by atoms with Crippen LogP contribution in [0, 0.1) is 0 Å². The molecule has 7 nitrogen and oxygen atoms in total. The van der Waals surface area contributed by atoms with Gasteiger partial charge in [0.25, 0.3) is 0 Å². The molecular weight excluding hydrogens is 486 g/mol. The van der Waals surface area contributed by atoms with Gasteiger partial charge in [0.2, 0.25) is 5.95 Å². The van der Waals surface area contributed by atoms with Crippen LogP contribution in [-0.2, 0) is 6.18 Å². The van der Waals surface area contributed by atoms with Gasteiger partial charge in [-0.2, -0.15) is 13.2 Å². The number of aromatic nitrogens is 2. The van der Waals surface area contributed by atoms with Crippen molar-refractivity contribution in [3.05, 3.63) is 30.6 Å². The van der Waals surface area contributed by atoms with Crippen molar-refractivity contribution in [2.45, 2.75) is 25.1 Å². The van der Waals surface area contributed by atoms with Gasteiger partial charge >= 0.3 is 6.18 Å². The Morgan fingerprint density at radius 3 is 2.68 bits per heavy atom. The minimum absolute atomic E-state index is 0. The SMILES string of the molecule is C=CCN1CCC(NC(=NC)NCCNc2nccc(C(F)(F)F)n2)CC1.I. The minimum Gasteiger partial charge on any atom is -0.355 e. The lowest BCUT2D eigenvalue weighted by molar-refractivity contribution is -0.141. The van der Waals surface area contributed by atoms with E-state index < -0.39 is 11.9 Å². The van der Waals surface area contributed by atoms with Crippen LogP contribution >= 0.6 is 24.0 Å². The van der Waals surface area contributed by atoms with Crippen molar-refractivity contribution in [3.63, 3.8) is 0 Å². The smallest absolute Gasteiger partial charge is 0.355 e. The van der Waals surface area contributed by atoms with E-state index >= 15 is 0 Å². The van der Waals surface area contributed by atoms with Crippen LogP contribution in [0.1, 0.15) is 18.5 Å². The molecule has 1 aromatic rings. The largest absolute Gasteiger partial charge is 0.433 e. The summed E-state index contributed by atoms with van der Waals surface area (Å²) in [4.78, 5) is 13.8. The number of anilines is 1. The second-order valence-corrected chi connectivity index (χ2v) is 6.20. The fourth-order valence-corrected chi connectivity index (χ4v) is 2.79. The Balaban J connectivity index is 0.00000392. The van der Waals surface area contributed by atoms with Crippen LogP contribution in [0.15, 0.2) is 29.9 Å². The number of piperidine rings is 1. The van der Waals surface area contributed by atoms with E-state index in [1.54, 1.807) is 7.05 Å². The molecule has 0 atom stereocenters. The number of alkyl halides is 3. The van der Waals surface area contributed by atoms with Gasteiger partial charge < -0.3 is 16.0 Å². The Bertz CT molecular complexity index is 631. The molecule has 0 bridgehead atoms. The second-order valence-electron chi connectivity index (χ2n) is 6.20. The first kappa shape index (κ1) is 24.4. The molecule has 0 saturated carbocycles. The normalized spacial score (nSPS) is 16.2. The van der Waals surface area contributed by atoms with Crippen LogP contribution in [0.2, 0.25) is 0 Å². The first-order valence-corrected chi connectivity index (χ1v) is 8.87. The molecule has 0 unspecified atom stereocenters. The third-order valence-corrected chi connectivity index (χ3v) is 4.19. The van der Waals surface area contributed by atoms with Crippen LogP contribution in [0.25, 0.3) is 0 Å². The molecule has 0 amide bonds. The van der Waals surface area contributed by atoms with E-state index in [0.717, 1.165) is 44.7 Å². The fourth-order valence-electron chi connectivity index (χ4n) is 2.79. The van der Waals surface area contributed by atoms with E-state index in [-0.39, 0.29) is 29.9 Å². The zero-order valence-corrected chi connectivity index (χ0v) is 18.1. The summed E-state index contributed by atoms with van der Waals surface area (Å²) in [6.07, 6.45) is 0.556. The standard InChI is InChI=1S/C17H26F3N7.HI/c1-3-10-27-11-5-13(6-12-27)25-15(21-2)23-8-9-24-16-22-7-4-14(26-16)17(18,19)20;/h3-4,7,13H,1,5-6,8-12H2,2H3,(H2,21,23,25)(H,22,24,26);1H. The monoisotopic (exact) mass is 513 g/mol. The van der Waals surface area contributed by atoms with Crippen LogP contribution in [0.5, 0.6) is 0 Å². The van der Waals surface area contributed by atoms with E-state index in [2.05, 4.69) is 42.4 Å². The molecule has 2 rings (SSSR count). The van der Waals surface area contributed by atoms with E-state index in [1.165, 1.54) is 0 Å². The van der Waals surface area contributed by atoms with Gasteiger partial charge in [-0.1, -0.05) is 6.08 Å². The van der Waals surface area contributed by atoms with E-state index in [1.807, 2.05) is 6.08 Å². The fraction of sp³-hybridized carbons (Fsp3) is 0.588.